The van der Waals surface area contributed by atoms with Crippen molar-refractivity contribution in [3.8, 4) is 0 Å². The van der Waals surface area contributed by atoms with Gasteiger partial charge in [0.05, 0.1) is 6.54 Å². The molecule has 1 saturated heterocycles. The highest BCUT2D eigenvalue weighted by atomic mass is 16.6. The number of ether oxygens (including phenoxy) is 3. The van der Waals surface area contributed by atoms with E-state index in [9.17, 15) is 4.79 Å². The quantitative estimate of drug-likeness (QED) is 0.858. The van der Waals surface area contributed by atoms with Crippen LogP contribution in [0.2, 0.25) is 0 Å². The molecule has 0 bridgehead atoms. The summed E-state index contributed by atoms with van der Waals surface area (Å²) in [7, 11) is 0. The lowest BCUT2D eigenvalue weighted by Crippen LogP contribution is -2.29. The molecule has 6 nitrogen and oxygen atoms in total. The molecule has 1 atom stereocenters. The Morgan fingerprint density at radius 2 is 2.29 bits per heavy atom. The van der Waals surface area contributed by atoms with E-state index in [-0.39, 0.29) is 12.6 Å². The van der Waals surface area contributed by atoms with Crippen molar-refractivity contribution in [1.82, 2.24) is 4.90 Å². The number of nitrogens with zero attached hydrogens (tertiary/aromatic N) is 1. The van der Waals surface area contributed by atoms with Crippen LogP contribution in [0.1, 0.15) is 19.3 Å². The highest BCUT2D eigenvalue weighted by molar-refractivity contribution is 5.71. The van der Waals surface area contributed by atoms with Crippen molar-refractivity contribution < 1.29 is 19.0 Å². The fraction of sp³-hybridized carbons (Fsp3) is 0.400. The lowest BCUT2D eigenvalue weighted by Gasteiger charge is -2.22. The minimum Gasteiger partial charge on any atom is -0.464 e. The fourth-order valence-electron chi connectivity index (χ4n) is 2.39. The van der Waals surface area contributed by atoms with E-state index in [0.29, 0.717) is 24.6 Å². The third-order valence-electron chi connectivity index (χ3n) is 3.51. The van der Waals surface area contributed by atoms with Gasteiger partial charge in [-0.25, -0.2) is 9.69 Å². The molecule has 3 aliphatic rings. The number of cyclic esters (lactones) is 1. The van der Waals surface area contributed by atoms with Crippen LogP contribution >= 0.6 is 0 Å². The maximum atomic E-state index is 11.8. The smallest absolute Gasteiger partial charge is 0.417 e. The molecule has 1 aliphatic carbocycles. The Morgan fingerprint density at radius 1 is 1.38 bits per heavy atom. The second kappa shape index (κ2) is 6.05. The first-order valence-electron chi connectivity index (χ1n) is 7.01. The highest BCUT2D eigenvalue weighted by Crippen LogP contribution is 2.27. The molecule has 1 amide bonds. The zero-order valence-corrected chi connectivity index (χ0v) is 11.7. The summed E-state index contributed by atoms with van der Waals surface area (Å²) in [5.74, 6) is 1.03. The molecule has 2 heterocycles. The number of nitrogens with two attached hydrogens (primary N) is 1. The summed E-state index contributed by atoms with van der Waals surface area (Å²) < 4.78 is 16.2. The van der Waals surface area contributed by atoms with Crippen LogP contribution < -0.4 is 5.73 Å². The van der Waals surface area contributed by atoms with E-state index in [1.165, 1.54) is 16.7 Å². The van der Waals surface area contributed by atoms with Crippen LogP contribution in [-0.4, -0.2) is 30.2 Å². The van der Waals surface area contributed by atoms with Crippen molar-refractivity contribution in [1.29, 1.82) is 0 Å². The molecule has 1 unspecified atom stereocenters. The Morgan fingerprint density at radius 3 is 3.00 bits per heavy atom. The summed E-state index contributed by atoms with van der Waals surface area (Å²) in [5.41, 5.74) is 6.79. The zero-order chi connectivity index (χ0) is 14.7. The normalized spacial score (nSPS) is 24.6. The van der Waals surface area contributed by atoms with Crippen LogP contribution in [0.25, 0.3) is 0 Å². The van der Waals surface area contributed by atoms with Crippen LogP contribution in [0.5, 0.6) is 0 Å². The largest absolute Gasteiger partial charge is 0.464 e. The van der Waals surface area contributed by atoms with Crippen LogP contribution in [0.15, 0.2) is 48.0 Å². The van der Waals surface area contributed by atoms with Crippen LogP contribution in [0.3, 0.4) is 0 Å². The minimum absolute atomic E-state index is 0.290. The van der Waals surface area contributed by atoms with Crippen LogP contribution in [0.4, 0.5) is 4.79 Å². The molecule has 0 spiro atoms. The van der Waals surface area contributed by atoms with E-state index in [0.717, 1.165) is 12.8 Å². The summed E-state index contributed by atoms with van der Waals surface area (Å²) in [4.78, 5) is 13.2. The van der Waals surface area contributed by atoms with Crippen molar-refractivity contribution in [2.45, 2.75) is 25.4 Å². The number of rotatable bonds is 4. The van der Waals surface area contributed by atoms with E-state index < -0.39 is 6.09 Å². The van der Waals surface area contributed by atoms with Crippen molar-refractivity contribution >= 4 is 6.09 Å². The molecule has 112 valence electrons. The second-order valence-electron chi connectivity index (χ2n) is 5.10. The number of hydrogen-bond acceptors (Lipinski definition) is 5. The van der Waals surface area contributed by atoms with Gasteiger partial charge in [-0.05, 0) is 12.8 Å². The number of amides is 1. The van der Waals surface area contributed by atoms with Gasteiger partial charge in [-0.3, -0.25) is 0 Å². The van der Waals surface area contributed by atoms with Crippen LogP contribution in [0, 0.1) is 0 Å². The molecule has 2 aliphatic heterocycles. The summed E-state index contributed by atoms with van der Waals surface area (Å²) in [6.45, 7) is 0.668. The van der Waals surface area contributed by atoms with Gasteiger partial charge in [0.15, 0.2) is 6.26 Å². The van der Waals surface area contributed by atoms with Gasteiger partial charge >= 0.3 is 6.09 Å². The van der Waals surface area contributed by atoms with E-state index in [1.54, 1.807) is 6.26 Å². The van der Waals surface area contributed by atoms with Gasteiger partial charge < -0.3 is 19.9 Å². The molecular weight excluding hydrogens is 272 g/mol. The Balaban J connectivity index is 1.62. The topological polar surface area (TPSA) is 74.0 Å². The minimum atomic E-state index is -0.457. The summed E-state index contributed by atoms with van der Waals surface area (Å²) in [5, 5.41) is 0. The first-order chi connectivity index (χ1) is 10.3. The third-order valence-corrected chi connectivity index (χ3v) is 3.51. The van der Waals surface area contributed by atoms with E-state index in [4.69, 9.17) is 19.9 Å². The van der Waals surface area contributed by atoms with E-state index in [1.807, 2.05) is 6.08 Å². The van der Waals surface area contributed by atoms with Crippen molar-refractivity contribution in [3.63, 3.8) is 0 Å². The number of carbonyl (C=O) groups is 1. The van der Waals surface area contributed by atoms with E-state index in [2.05, 4.69) is 12.2 Å². The number of carbonyl (C=O) groups excluding carboxylic acids is 1. The fourth-order valence-corrected chi connectivity index (χ4v) is 2.39. The molecule has 6 heteroatoms. The standard InChI is InChI=1S/C15H18N2O4/c16-7-13-8-17(15(18)21-13)14-10-19-9-12(20-14)6-11-4-2-1-3-5-11/h1-2,4,9-10,13H,3,5-8,16H2. The molecule has 0 saturated carbocycles. The van der Waals surface area contributed by atoms with E-state index >= 15 is 0 Å². The zero-order valence-electron chi connectivity index (χ0n) is 11.7. The molecule has 0 radical (unpaired) electrons. The van der Waals surface area contributed by atoms with Gasteiger partial charge in [0.2, 0.25) is 5.88 Å². The molecule has 0 aromatic carbocycles. The molecule has 0 aromatic rings. The number of hydrogen-bond donors (Lipinski definition) is 1. The average Bonchev–Trinajstić information content (AvgIpc) is 2.90. The summed E-state index contributed by atoms with van der Waals surface area (Å²) >= 11 is 0. The Hall–Kier alpha value is -2.21. The maximum Gasteiger partial charge on any atom is 0.417 e. The van der Waals surface area contributed by atoms with Crippen molar-refractivity contribution in [2.24, 2.45) is 5.73 Å². The SMILES string of the molecule is NCC1CN(C2=COC=C(CC3=CC=CCC3)O2)C(=O)O1. The van der Waals surface area contributed by atoms with Gasteiger partial charge in [-0.2, -0.15) is 0 Å². The molecule has 2 N–H and O–H groups in total. The Bertz CT molecular complexity index is 548. The van der Waals surface area contributed by atoms with Gasteiger partial charge in [-0.1, -0.05) is 23.8 Å². The molecule has 3 rings (SSSR count). The average molecular weight is 290 g/mol. The first-order valence-corrected chi connectivity index (χ1v) is 7.01. The van der Waals surface area contributed by atoms with Crippen LogP contribution in [-0.2, 0) is 14.2 Å². The lowest BCUT2D eigenvalue weighted by molar-refractivity contribution is 0.117. The van der Waals surface area contributed by atoms with Gasteiger partial charge in [0.1, 0.15) is 18.1 Å². The van der Waals surface area contributed by atoms with Gasteiger partial charge in [0.25, 0.3) is 0 Å². The third kappa shape index (κ3) is 3.11. The molecule has 1 fully saturated rings. The Labute approximate surface area is 123 Å². The maximum absolute atomic E-state index is 11.8. The van der Waals surface area contributed by atoms with Gasteiger partial charge in [0, 0.05) is 13.0 Å². The monoisotopic (exact) mass is 290 g/mol. The summed E-state index contributed by atoms with van der Waals surface area (Å²) in [6.07, 6.45) is 11.2. The lowest BCUT2D eigenvalue weighted by atomic mass is 10.0. The molecule has 21 heavy (non-hydrogen) atoms. The summed E-state index contributed by atoms with van der Waals surface area (Å²) in [6, 6.07) is 0. The molecular formula is C15H18N2O4. The second-order valence-corrected chi connectivity index (χ2v) is 5.10. The predicted molar refractivity (Wildman–Crippen MR) is 75.4 cm³/mol. The van der Waals surface area contributed by atoms with Gasteiger partial charge in [-0.15, -0.1) is 0 Å². The van der Waals surface area contributed by atoms with Crippen molar-refractivity contribution in [3.05, 3.63) is 48.0 Å². The van der Waals surface area contributed by atoms with Crippen molar-refractivity contribution in [2.75, 3.05) is 13.1 Å². The Kier molecular flexibility index (Phi) is 3.96. The molecule has 0 aromatic heterocycles. The highest BCUT2D eigenvalue weighted by Gasteiger charge is 2.35. The number of allylic oxidation sites excluding steroid dienone is 4. The first kappa shape index (κ1) is 13.8. The predicted octanol–water partition coefficient (Wildman–Crippen LogP) is 2.12.